The van der Waals surface area contributed by atoms with Crippen LogP contribution in [0.3, 0.4) is 0 Å². The van der Waals surface area contributed by atoms with E-state index in [4.69, 9.17) is 4.42 Å². The van der Waals surface area contributed by atoms with E-state index in [0.717, 1.165) is 10.4 Å². The zero-order chi connectivity index (χ0) is 20.1. The van der Waals surface area contributed by atoms with Crippen LogP contribution in [-0.4, -0.2) is 16.8 Å². The first-order chi connectivity index (χ1) is 14.2. The van der Waals surface area contributed by atoms with Gasteiger partial charge in [0.15, 0.2) is 10.9 Å². The Bertz CT molecular complexity index is 1090. The number of nitrogens with zero attached hydrogens (tertiary/aromatic N) is 1. The molecule has 2 amide bonds. The highest BCUT2D eigenvalue weighted by atomic mass is 32.1. The molecule has 146 valence electrons. The van der Waals surface area contributed by atoms with Crippen LogP contribution in [0.15, 0.2) is 70.7 Å². The fourth-order valence-corrected chi connectivity index (χ4v) is 4.37. The lowest BCUT2D eigenvalue weighted by Crippen LogP contribution is -2.12. The van der Waals surface area contributed by atoms with Crippen LogP contribution in [0, 0.1) is 0 Å². The second-order valence-electron chi connectivity index (χ2n) is 6.14. The van der Waals surface area contributed by atoms with Gasteiger partial charge in [-0.05, 0) is 35.6 Å². The van der Waals surface area contributed by atoms with Crippen molar-refractivity contribution in [3.05, 3.63) is 77.6 Å². The van der Waals surface area contributed by atoms with E-state index in [1.807, 2.05) is 47.8 Å². The highest BCUT2D eigenvalue weighted by Crippen LogP contribution is 2.38. The number of aryl methyl sites for hydroxylation is 1. The molecule has 0 saturated carbocycles. The molecule has 0 atom stereocenters. The summed E-state index contributed by atoms with van der Waals surface area (Å²) in [5.74, 6) is -0.272. The Kier molecular flexibility index (Phi) is 5.83. The monoisotopic (exact) mass is 423 g/mol. The Morgan fingerprint density at radius 2 is 1.86 bits per heavy atom. The first kappa shape index (κ1) is 19.1. The van der Waals surface area contributed by atoms with Gasteiger partial charge in [0.25, 0.3) is 5.91 Å². The third kappa shape index (κ3) is 4.79. The number of thiazole rings is 1. The Labute approximate surface area is 175 Å². The maximum absolute atomic E-state index is 12.4. The molecule has 0 bridgehead atoms. The molecule has 29 heavy (non-hydrogen) atoms. The Morgan fingerprint density at radius 1 is 1.00 bits per heavy atom. The summed E-state index contributed by atoms with van der Waals surface area (Å²) in [5.41, 5.74) is 1.73. The highest BCUT2D eigenvalue weighted by Gasteiger charge is 2.19. The van der Waals surface area contributed by atoms with Crippen LogP contribution in [-0.2, 0) is 11.2 Å². The van der Waals surface area contributed by atoms with E-state index in [9.17, 15) is 9.59 Å². The average molecular weight is 424 g/mol. The van der Waals surface area contributed by atoms with Crippen LogP contribution in [0.2, 0.25) is 0 Å². The number of rotatable bonds is 7. The van der Waals surface area contributed by atoms with E-state index in [2.05, 4.69) is 15.6 Å². The average Bonchev–Trinajstić information content (AvgIpc) is 3.49. The van der Waals surface area contributed by atoms with Gasteiger partial charge in [0, 0.05) is 6.42 Å². The lowest BCUT2D eigenvalue weighted by Gasteiger charge is -2.02. The predicted octanol–water partition coefficient (Wildman–Crippen LogP) is 5.29. The number of thiophene rings is 1. The highest BCUT2D eigenvalue weighted by molar-refractivity contribution is 7.21. The van der Waals surface area contributed by atoms with Crippen molar-refractivity contribution in [1.29, 1.82) is 0 Å². The molecule has 0 saturated heterocycles. The summed E-state index contributed by atoms with van der Waals surface area (Å²) >= 11 is 2.73. The summed E-state index contributed by atoms with van der Waals surface area (Å²) in [6, 6.07) is 16.9. The maximum atomic E-state index is 12.4. The number of nitrogens with one attached hydrogen (secondary N) is 2. The molecule has 0 fully saturated rings. The number of amides is 2. The third-order valence-corrected chi connectivity index (χ3v) is 5.85. The van der Waals surface area contributed by atoms with Crippen molar-refractivity contribution >= 4 is 44.6 Å². The molecule has 0 radical (unpaired) electrons. The van der Waals surface area contributed by atoms with Gasteiger partial charge in [-0.2, -0.15) is 0 Å². The van der Waals surface area contributed by atoms with Crippen molar-refractivity contribution < 1.29 is 14.0 Å². The van der Waals surface area contributed by atoms with E-state index < -0.39 is 0 Å². The minimum atomic E-state index is -0.363. The van der Waals surface area contributed by atoms with Gasteiger partial charge in [-0.15, -0.1) is 11.3 Å². The summed E-state index contributed by atoms with van der Waals surface area (Å²) in [6.45, 7) is 0. The SMILES string of the molecule is O=C(CCc1ccccc1)Nc1nc(-c2cccs2)c(NC(=O)c2ccco2)s1. The fourth-order valence-electron chi connectivity index (χ4n) is 2.70. The summed E-state index contributed by atoms with van der Waals surface area (Å²) in [7, 11) is 0. The summed E-state index contributed by atoms with van der Waals surface area (Å²) in [4.78, 5) is 30.2. The van der Waals surface area contributed by atoms with Gasteiger partial charge < -0.3 is 15.1 Å². The number of benzene rings is 1. The summed E-state index contributed by atoms with van der Waals surface area (Å²) in [6.07, 6.45) is 2.45. The van der Waals surface area contributed by atoms with Gasteiger partial charge in [-0.25, -0.2) is 4.98 Å². The zero-order valence-electron chi connectivity index (χ0n) is 15.3. The third-order valence-electron chi connectivity index (χ3n) is 4.08. The fraction of sp³-hybridized carbons (Fsp3) is 0.0952. The van der Waals surface area contributed by atoms with Crippen molar-refractivity contribution in [2.45, 2.75) is 12.8 Å². The number of carbonyl (C=O) groups is 2. The quantitative estimate of drug-likeness (QED) is 0.423. The molecule has 6 nitrogen and oxygen atoms in total. The standard InChI is InChI=1S/C21H17N3O3S2/c25-17(11-10-14-6-2-1-3-7-14)22-21-23-18(16-9-5-13-28-16)20(29-21)24-19(26)15-8-4-12-27-15/h1-9,12-13H,10-11H2,(H,24,26)(H,22,23,25). The Hall–Kier alpha value is -3.23. The number of aromatic nitrogens is 1. The predicted molar refractivity (Wildman–Crippen MR) is 115 cm³/mol. The molecule has 0 spiro atoms. The lowest BCUT2D eigenvalue weighted by molar-refractivity contribution is -0.116. The van der Waals surface area contributed by atoms with Gasteiger partial charge in [0.2, 0.25) is 5.91 Å². The second-order valence-corrected chi connectivity index (χ2v) is 8.09. The Morgan fingerprint density at radius 3 is 2.59 bits per heavy atom. The minimum absolute atomic E-state index is 0.121. The molecule has 1 aromatic carbocycles. The van der Waals surface area contributed by atoms with Crippen LogP contribution in [0.1, 0.15) is 22.5 Å². The second kappa shape index (κ2) is 8.85. The molecule has 4 aromatic rings. The molecule has 2 N–H and O–H groups in total. The molecule has 3 aromatic heterocycles. The first-order valence-corrected chi connectivity index (χ1v) is 10.6. The van der Waals surface area contributed by atoms with Crippen LogP contribution >= 0.6 is 22.7 Å². The van der Waals surface area contributed by atoms with Gasteiger partial charge in [0.1, 0.15) is 10.7 Å². The van der Waals surface area contributed by atoms with Crippen molar-refractivity contribution in [2.75, 3.05) is 10.6 Å². The van der Waals surface area contributed by atoms with Crippen molar-refractivity contribution in [1.82, 2.24) is 4.98 Å². The number of furan rings is 1. The number of hydrogen-bond donors (Lipinski definition) is 2. The van der Waals surface area contributed by atoms with Crippen LogP contribution in [0.25, 0.3) is 10.6 Å². The molecular weight excluding hydrogens is 406 g/mol. The molecule has 0 aliphatic rings. The molecule has 0 aliphatic carbocycles. The van der Waals surface area contributed by atoms with E-state index >= 15 is 0 Å². The maximum Gasteiger partial charge on any atom is 0.292 e. The van der Waals surface area contributed by atoms with E-state index in [0.29, 0.717) is 28.7 Å². The molecule has 0 unspecified atom stereocenters. The van der Waals surface area contributed by atoms with Gasteiger partial charge in [-0.3, -0.25) is 9.59 Å². The zero-order valence-corrected chi connectivity index (χ0v) is 16.9. The van der Waals surface area contributed by atoms with Crippen molar-refractivity contribution in [3.8, 4) is 10.6 Å². The Balaban J connectivity index is 1.48. The summed E-state index contributed by atoms with van der Waals surface area (Å²) < 4.78 is 5.15. The van der Waals surface area contributed by atoms with Gasteiger partial charge >= 0.3 is 0 Å². The lowest BCUT2D eigenvalue weighted by atomic mass is 10.1. The molecule has 4 rings (SSSR count). The number of anilines is 2. The van der Waals surface area contributed by atoms with Crippen LogP contribution < -0.4 is 10.6 Å². The van der Waals surface area contributed by atoms with Crippen LogP contribution in [0.4, 0.5) is 10.1 Å². The van der Waals surface area contributed by atoms with Crippen molar-refractivity contribution in [3.63, 3.8) is 0 Å². The number of hydrogen-bond acceptors (Lipinski definition) is 6. The molecule has 0 aliphatic heterocycles. The smallest absolute Gasteiger partial charge is 0.292 e. The topological polar surface area (TPSA) is 84.2 Å². The van der Waals surface area contributed by atoms with E-state index in [1.54, 1.807) is 12.1 Å². The van der Waals surface area contributed by atoms with Crippen LogP contribution in [0.5, 0.6) is 0 Å². The van der Waals surface area contributed by atoms with E-state index in [1.165, 1.54) is 28.9 Å². The minimum Gasteiger partial charge on any atom is -0.459 e. The van der Waals surface area contributed by atoms with E-state index in [-0.39, 0.29) is 17.6 Å². The number of carbonyl (C=O) groups excluding carboxylic acids is 2. The molecule has 8 heteroatoms. The van der Waals surface area contributed by atoms with Gasteiger partial charge in [0.05, 0.1) is 11.1 Å². The molecular formula is C21H17N3O3S2. The normalized spacial score (nSPS) is 10.6. The van der Waals surface area contributed by atoms with Crippen molar-refractivity contribution in [2.24, 2.45) is 0 Å². The molecule has 3 heterocycles. The largest absolute Gasteiger partial charge is 0.459 e. The summed E-state index contributed by atoms with van der Waals surface area (Å²) in [5, 5.41) is 8.62. The first-order valence-electron chi connectivity index (χ1n) is 8.92. The van der Waals surface area contributed by atoms with Gasteiger partial charge in [-0.1, -0.05) is 47.7 Å².